The highest BCUT2D eigenvalue weighted by molar-refractivity contribution is 7.19. The number of rotatable bonds is 0. The number of aromatic amines is 1. The van der Waals surface area contributed by atoms with Gasteiger partial charge in [0.05, 0.1) is 5.52 Å². The molecule has 0 saturated heterocycles. The maximum absolute atomic E-state index is 3.62. The molecule has 4 rings (SSSR count). The number of aryl methyl sites for hydroxylation is 4. The van der Waals surface area contributed by atoms with Crippen molar-refractivity contribution in [1.29, 1.82) is 0 Å². The molecule has 0 bridgehead atoms. The third-order valence-electron chi connectivity index (χ3n) is 4.56. The minimum atomic E-state index is 1.24. The number of para-hydroxylation sites is 1. The Morgan fingerprint density at radius 2 is 1.60 bits per heavy atom. The van der Waals surface area contributed by atoms with Gasteiger partial charge in [0, 0.05) is 31.3 Å². The molecule has 1 nitrogen and oxygen atoms in total. The summed E-state index contributed by atoms with van der Waals surface area (Å²) in [6.45, 7) is 8.98. The van der Waals surface area contributed by atoms with Crippen LogP contribution in [0.2, 0.25) is 0 Å². The quantitative estimate of drug-likeness (QED) is 0.420. The summed E-state index contributed by atoms with van der Waals surface area (Å²) in [7, 11) is 0. The van der Waals surface area contributed by atoms with Gasteiger partial charge in [-0.1, -0.05) is 18.2 Å². The zero-order chi connectivity index (χ0) is 14.0. The average molecular weight is 279 g/mol. The van der Waals surface area contributed by atoms with Crippen LogP contribution in [0.1, 0.15) is 21.6 Å². The van der Waals surface area contributed by atoms with Crippen LogP contribution in [0.3, 0.4) is 0 Å². The van der Waals surface area contributed by atoms with Crippen LogP contribution in [0.15, 0.2) is 24.3 Å². The Labute approximate surface area is 122 Å². The second kappa shape index (κ2) is 3.86. The van der Waals surface area contributed by atoms with Crippen LogP contribution in [-0.2, 0) is 0 Å². The van der Waals surface area contributed by atoms with Crippen molar-refractivity contribution in [2.45, 2.75) is 27.7 Å². The van der Waals surface area contributed by atoms with Gasteiger partial charge in [-0.2, -0.15) is 0 Å². The van der Waals surface area contributed by atoms with E-state index in [1.807, 2.05) is 11.3 Å². The van der Waals surface area contributed by atoms with Gasteiger partial charge in [0.2, 0.25) is 0 Å². The van der Waals surface area contributed by atoms with E-state index < -0.39 is 0 Å². The molecule has 2 aromatic carbocycles. The molecule has 0 radical (unpaired) electrons. The van der Waals surface area contributed by atoms with Crippen LogP contribution in [-0.4, -0.2) is 4.98 Å². The maximum Gasteiger partial charge on any atom is 0.0504 e. The van der Waals surface area contributed by atoms with Gasteiger partial charge in [0.25, 0.3) is 0 Å². The van der Waals surface area contributed by atoms with E-state index in [-0.39, 0.29) is 0 Å². The van der Waals surface area contributed by atoms with Crippen molar-refractivity contribution in [3.05, 3.63) is 45.8 Å². The van der Waals surface area contributed by atoms with Crippen molar-refractivity contribution in [2.75, 3.05) is 0 Å². The average Bonchev–Trinajstić information content (AvgIpc) is 2.96. The summed E-state index contributed by atoms with van der Waals surface area (Å²) in [5.74, 6) is 0. The molecular weight excluding hydrogens is 262 g/mol. The number of nitrogens with one attached hydrogen (secondary N) is 1. The first-order valence-corrected chi connectivity index (χ1v) is 7.80. The summed E-state index contributed by atoms with van der Waals surface area (Å²) in [5, 5.41) is 4.18. The Morgan fingerprint density at radius 1 is 0.850 bits per heavy atom. The van der Waals surface area contributed by atoms with Gasteiger partial charge in [0.15, 0.2) is 0 Å². The molecule has 0 aliphatic heterocycles. The Hall–Kier alpha value is -1.80. The van der Waals surface area contributed by atoms with Gasteiger partial charge in [-0.05, 0) is 50.5 Å². The zero-order valence-electron chi connectivity index (χ0n) is 12.2. The second-order valence-corrected chi connectivity index (χ2v) is 6.88. The Balaban J connectivity index is 2.38. The number of fused-ring (bicyclic) bond motifs is 4. The summed E-state index contributed by atoms with van der Waals surface area (Å²) in [6, 6.07) is 8.61. The molecular formula is C18H17NS. The minimum absolute atomic E-state index is 1.24. The first-order valence-electron chi connectivity index (χ1n) is 6.99. The summed E-state index contributed by atoms with van der Waals surface area (Å²) >= 11 is 1.93. The highest BCUT2D eigenvalue weighted by atomic mass is 32.1. The molecule has 2 heterocycles. The monoisotopic (exact) mass is 279 g/mol. The molecule has 20 heavy (non-hydrogen) atoms. The van der Waals surface area contributed by atoms with Crippen LogP contribution in [0.25, 0.3) is 31.9 Å². The van der Waals surface area contributed by atoms with Crippen LogP contribution >= 0.6 is 11.3 Å². The van der Waals surface area contributed by atoms with E-state index in [2.05, 4.69) is 56.9 Å². The number of benzene rings is 2. The topological polar surface area (TPSA) is 15.8 Å². The highest BCUT2D eigenvalue weighted by Crippen LogP contribution is 2.41. The molecule has 0 aliphatic carbocycles. The lowest BCUT2D eigenvalue weighted by molar-refractivity contribution is 1.43. The summed E-state index contributed by atoms with van der Waals surface area (Å²) in [5.41, 5.74) is 6.78. The molecule has 0 fully saturated rings. The fourth-order valence-electron chi connectivity index (χ4n) is 3.39. The van der Waals surface area contributed by atoms with E-state index in [4.69, 9.17) is 0 Å². The fraction of sp³-hybridized carbons (Fsp3) is 0.222. The van der Waals surface area contributed by atoms with E-state index in [0.29, 0.717) is 0 Å². The lowest BCUT2D eigenvalue weighted by Crippen LogP contribution is -1.84. The zero-order valence-corrected chi connectivity index (χ0v) is 13.0. The van der Waals surface area contributed by atoms with E-state index in [1.165, 1.54) is 53.5 Å². The normalized spacial score (nSPS) is 12.0. The van der Waals surface area contributed by atoms with Gasteiger partial charge < -0.3 is 4.98 Å². The van der Waals surface area contributed by atoms with Crippen LogP contribution in [0, 0.1) is 27.7 Å². The van der Waals surface area contributed by atoms with Crippen molar-refractivity contribution >= 4 is 43.2 Å². The van der Waals surface area contributed by atoms with Crippen LogP contribution in [0.4, 0.5) is 0 Å². The predicted molar refractivity (Wildman–Crippen MR) is 90.1 cm³/mol. The van der Waals surface area contributed by atoms with Crippen LogP contribution in [0.5, 0.6) is 0 Å². The van der Waals surface area contributed by atoms with Gasteiger partial charge in [-0.15, -0.1) is 11.3 Å². The molecule has 0 unspecified atom stereocenters. The van der Waals surface area contributed by atoms with Crippen molar-refractivity contribution < 1.29 is 0 Å². The minimum Gasteiger partial charge on any atom is -0.354 e. The van der Waals surface area contributed by atoms with Gasteiger partial charge in [0.1, 0.15) is 0 Å². The van der Waals surface area contributed by atoms with E-state index in [0.717, 1.165) is 0 Å². The third kappa shape index (κ3) is 1.32. The highest BCUT2D eigenvalue weighted by Gasteiger charge is 2.17. The number of aromatic nitrogens is 1. The molecule has 100 valence electrons. The maximum atomic E-state index is 3.62. The Kier molecular flexibility index (Phi) is 2.31. The predicted octanol–water partition coefficient (Wildman–Crippen LogP) is 5.77. The number of hydrogen-bond acceptors (Lipinski definition) is 1. The number of H-pyrrole nitrogens is 1. The number of hydrogen-bond donors (Lipinski definition) is 1. The standard InChI is InChI=1S/C18H17NS/c1-9-12(4)20-18-11(3)16-13-7-5-6-8-14(13)19-17(16)10(2)15(9)18/h5-8,19H,1-4H3. The summed E-state index contributed by atoms with van der Waals surface area (Å²) in [4.78, 5) is 5.05. The molecule has 0 amide bonds. The fourth-order valence-corrected chi connectivity index (χ4v) is 4.62. The molecule has 2 aromatic heterocycles. The molecule has 4 aromatic rings. The van der Waals surface area contributed by atoms with E-state index in [1.54, 1.807) is 0 Å². The molecule has 0 spiro atoms. The van der Waals surface area contributed by atoms with Gasteiger partial charge in [-0.25, -0.2) is 0 Å². The van der Waals surface area contributed by atoms with Crippen LogP contribution < -0.4 is 0 Å². The molecule has 0 saturated carbocycles. The Bertz CT molecular complexity index is 985. The van der Waals surface area contributed by atoms with Gasteiger partial charge >= 0.3 is 0 Å². The lowest BCUT2D eigenvalue weighted by Gasteiger charge is -2.06. The van der Waals surface area contributed by atoms with Crippen molar-refractivity contribution in [1.82, 2.24) is 4.98 Å². The molecule has 2 heteroatoms. The SMILES string of the molecule is Cc1sc2c(C)c3c([nH]c4ccccc43)c(C)c2c1C. The lowest BCUT2D eigenvalue weighted by atomic mass is 9.98. The smallest absolute Gasteiger partial charge is 0.0504 e. The van der Waals surface area contributed by atoms with E-state index >= 15 is 0 Å². The first-order chi connectivity index (χ1) is 9.59. The number of thiophene rings is 1. The molecule has 1 N–H and O–H groups in total. The second-order valence-electron chi connectivity index (χ2n) is 5.66. The molecule has 0 aliphatic rings. The molecule has 0 atom stereocenters. The van der Waals surface area contributed by atoms with Gasteiger partial charge in [-0.3, -0.25) is 0 Å². The van der Waals surface area contributed by atoms with E-state index in [9.17, 15) is 0 Å². The third-order valence-corrected chi connectivity index (χ3v) is 5.88. The van der Waals surface area contributed by atoms with Crippen molar-refractivity contribution in [3.63, 3.8) is 0 Å². The summed E-state index contributed by atoms with van der Waals surface area (Å²) < 4.78 is 1.45. The Morgan fingerprint density at radius 3 is 2.40 bits per heavy atom. The summed E-state index contributed by atoms with van der Waals surface area (Å²) in [6.07, 6.45) is 0. The largest absolute Gasteiger partial charge is 0.354 e. The van der Waals surface area contributed by atoms with Crippen molar-refractivity contribution in [2.24, 2.45) is 0 Å². The van der Waals surface area contributed by atoms with Crippen molar-refractivity contribution in [3.8, 4) is 0 Å². The first kappa shape index (κ1) is 12.0.